The summed E-state index contributed by atoms with van der Waals surface area (Å²) in [5.41, 5.74) is 0. The van der Waals surface area contributed by atoms with Crippen molar-refractivity contribution in [1.29, 1.82) is 0 Å². The first-order valence-electron chi connectivity index (χ1n) is 3.36. The lowest BCUT2D eigenvalue weighted by molar-refractivity contribution is 0.711. The van der Waals surface area contributed by atoms with E-state index in [9.17, 15) is 0 Å². The number of aromatic nitrogens is 3. The zero-order valence-corrected chi connectivity index (χ0v) is 6.47. The highest BCUT2D eigenvalue weighted by Crippen LogP contribution is 2.37. The molecule has 0 N–H and O–H groups in total. The van der Waals surface area contributed by atoms with E-state index >= 15 is 0 Å². The van der Waals surface area contributed by atoms with Crippen LogP contribution in [0.1, 0.15) is 24.7 Å². The van der Waals surface area contributed by atoms with Gasteiger partial charge in [0.05, 0.1) is 0 Å². The van der Waals surface area contributed by atoms with Gasteiger partial charge in [0.1, 0.15) is 5.82 Å². The van der Waals surface area contributed by atoms with Crippen LogP contribution in [-0.4, -0.2) is 14.8 Å². The molecule has 0 aromatic carbocycles. The van der Waals surface area contributed by atoms with Gasteiger partial charge in [0, 0.05) is 6.04 Å². The molecule has 0 bridgehead atoms. The van der Waals surface area contributed by atoms with Crippen LogP contribution in [0.25, 0.3) is 0 Å². The molecule has 1 aliphatic carbocycles. The minimum atomic E-state index is 0.528. The topological polar surface area (TPSA) is 30.7 Å². The lowest BCUT2D eigenvalue weighted by Gasteiger charge is -1.99. The van der Waals surface area contributed by atoms with E-state index in [4.69, 9.17) is 11.6 Å². The summed E-state index contributed by atoms with van der Waals surface area (Å²) >= 11 is 5.77. The molecule has 0 radical (unpaired) electrons. The normalized spacial score (nSPS) is 17.8. The van der Waals surface area contributed by atoms with Crippen molar-refractivity contribution in [3.63, 3.8) is 0 Å². The summed E-state index contributed by atoms with van der Waals surface area (Å²) in [6.07, 6.45) is 2.44. The molecule has 0 atom stereocenters. The Morgan fingerprint density at radius 2 is 2.20 bits per heavy atom. The van der Waals surface area contributed by atoms with Crippen molar-refractivity contribution in [3.8, 4) is 0 Å². The molecule has 3 nitrogen and oxygen atoms in total. The van der Waals surface area contributed by atoms with Crippen molar-refractivity contribution < 1.29 is 0 Å². The Kier molecular flexibility index (Phi) is 1.20. The summed E-state index contributed by atoms with van der Waals surface area (Å²) in [6, 6.07) is 0.586. The Bertz CT molecular complexity index is 232. The Morgan fingerprint density at radius 1 is 1.50 bits per heavy atom. The third-order valence-electron chi connectivity index (χ3n) is 1.74. The summed E-state index contributed by atoms with van der Waals surface area (Å²) in [5.74, 6) is 0.924. The standard InChI is InChI=1S/C6H8ClN3/c1-4-8-9-6(7)10(4)5-2-3-5/h5H,2-3H2,1H3. The smallest absolute Gasteiger partial charge is 0.225 e. The fraction of sp³-hybridized carbons (Fsp3) is 0.667. The van der Waals surface area contributed by atoms with Crippen molar-refractivity contribution in [3.05, 3.63) is 11.1 Å². The van der Waals surface area contributed by atoms with Crippen LogP contribution >= 0.6 is 11.6 Å². The molecule has 10 heavy (non-hydrogen) atoms. The number of halogens is 1. The number of hydrogen-bond acceptors (Lipinski definition) is 2. The predicted octanol–water partition coefficient (Wildman–Crippen LogP) is 1.57. The van der Waals surface area contributed by atoms with Crippen LogP contribution < -0.4 is 0 Å². The van der Waals surface area contributed by atoms with Crippen molar-refractivity contribution in [2.75, 3.05) is 0 Å². The molecule has 2 rings (SSSR count). The Labute approximate surface area is 64.0 Å². The minimum Gasteiger partial charge on any atom is -0.299 e. The van der Waals surface area contributed by atoms with Crippen LogP contribution in [0.2, 0.25) is 5.28 Å². The van der Waals surface area contributed by atoms with Crippen LogP contribution in [-0.2, 0) is 0 Å². The summed E-state index contributed by atoms with van der Waals surface area (Å²) in [4.78, 5) is 0. The van der Waals surface area contributed by atoms with Gasteiger partial charge in [-0.1, -0.05) is 0 Å². The first kappa shape index (κ1) is 6.16. The van der Waals surface area contributed by atoms with Gasteiger partial charge < -0.3 is 0 Å². The SMILES string of the molecule is Cc1nnc(Cl)n1C1CC1. The average Bonchev–Trinajstić information content (AvgIpc) is 2.64. The Balaban J connectivity index is 2.44. The minimum absolute atomic E-state index is 0.528. The van der Waals surface area contributed by atoms with E-state index in [-0.39, 0.29) is 0 Å². The van der Waals surface area contributed by atoms with Crippen LogP contribution in [0.3, 0.4) is 0 Å². The molecule has 0 saturated heterocycles. The second-order valence-electron chi connectivity index (χ2n) is 2.62. The second kappa shape index (κ2) is 1.95. The van der Waals surface area contributed by atoms with Gasteiger partial charge in [0.2, 0.25) is 5.28 Å². The Morgan fingerprint density at radius 3 is 2.60 bits per heavy atom. The third kappa shape index (κ3) is 0.814. The third-order valence-corrected chi connectivity index (χ3v) is 1.99. The molecule has 4 heteroatoms. The molecule has 1 aromatic heterocycles. The molecular formula is C6H8ClN3. The maximum atomic E-state index is 5.77. The summed E-state index contributed by atoms with van der Waals surface area (Å²) in [5, 5.41) is 8.14. The van der Waals surface area contributed by atoms with Crippen molar-refractivity contribution in [2.24, 2.45) is 0 Å². The van der Waals surface area contributed by atoms with Gasteiger partial charge in [0.25, 0.3) is 0 Å². The fourth-order valence-corrected chi connectivity index (χ4v) is 1.39. The van der Waals surface area contributed by atoms with Gasteiger partial charge in [-0.3, -0.25) is 4.57 Å². The molecule has 1 fully saturated rings. The average molecular weight is 158 g/mol. The first-order valence-corrected chi connectivity index (χ1v) is 3.74. The van der Waals surface area contributed by atoms with E-state index < -0.39 is 0 Å². The van der Waals surface area contributed by atoms with E-state index in [1.54, 1.807) is 0 Å². The monoisotopic (exact) mass is 157 g/mol. The highest BCUT2D eigenvalue weighted by Gasteiger charge is 2.27. The molecule has 1 heterocycles. The lowest BCUT2D eigenvalue weighted by Crippen LogP contribution is -1.96. The summed E-state index contributed by atoms with van der Waals surface area (Å²) in [6.45, 7) is 1.93. The van der Waals surface area contributed by atoms with Gasteiger partial charge >= 0.3 is 0 Å². The molecular weight excluding hydrogens is 150 g/mol. The zero-order chi connectivity index (χ0) is 7.14. The molecule has 0 unspecified atom stereocenters. The highest BCUT2D eigenvalue weighted by atomic mass is 35.5. The molecule has 0 amide bonds. The predicted molar refractivity (Wildman–Crippen MR) is 38.0 cm³/mol. The van der Waals surface area contributed by atoms with Gasteiger partial charge in [-0.25, -0.2) is 0 Å². The summed E-state index contributed by atoms with van der Waals surface area (Å²) in [7, 11) is 0. The maximum absolute atomic E-state index is 5.77. The quantitative estimate of drug-likeness (QED) is 0.620. The fourth-order valence-electron chi connectivity index (χ4n) is 1.09. The van der Waals surface area contributed by atoms with Gasteiger partial charge in [-0.15, -0.1) is 10.2 Å². The van der Waals surface area contributed by atoms with Crippen molar-refractivity contribution in [1.82, 2.24) is 14.8 Å². The van der Waals surface area contributed by atoms with Crippen molar-refractivity contribution >= 4 is 11.6 Å². The molecule has 54 valence electrons. The largest absolute Gasteiger partial charge is 0.299 e. The Hall–Kier alpha value is -0.570. The lowest BCUT2D eigenvalue weighted by atomic mass is 10.6. The van der Waals surface area contributed by atoms with Crippen LogP contribution in [0.5, 0.6) is 0 Å². The molecule has 1 saturated carbocycles. The van der Waals surface area contributed by atoms with Crippen LogP contribution in [0.4, 0.5) is 0 Å². The van der Waals surface area contributed by atoms with Crippen molar-refractivity contribution in [2.45, 2.75) is 25.8 Å². The van der Waals surface area contributed by atoms with E-state index in [1.807, 2.05) is 11.5 Å². The van der Waals surface area contributed by atoms with Gasteiger partial charge in [0.15, 0.2) is 0 Å². The second-order valence-corrected chi connectivity index (χ2v) is 2.96. The molecule has 1 aromatic rings. The number of hydrogen-bond donors (Lipinski definition) is 0. The van der Waals surface area contributed by atoms with Gasteiger partial charge in [-0.05, 0) is 31.4 Å². The van der Waals surface area contributed by atoms with E-state index in [0.717, 1.165) is 5.82 Å². The summed E-state index contributed by atoms with van der Waals surface area (Å²) < 4.78 is 1.99. The molecule has 1 aliphatic rings. The van der Waals surface area contributed by atoms with E-state index in [2.05, 4.69) is 10.2 Å². The van der Waals surface area contributed by atoms with Gasteiger partial charge in [-0.2, -0.15) is 0 Å². The maximum Gasteiger partial charge on any atom is 0.225 e. The number of aryl methyl sites for hydroxylation is 1. The molecule has 0 spiro atoms. The van der Waals surface area contributed by atoms with Crippen LogP contribution in [0.15, 0.2) is 0 Å². The highest BCUT2D eigenvalue weighted by molar-refractivity contribution is 6.28. The zero-order valence-electron chi connectivity index (χ0n) is 5.71. The first-order chi connectivity index (χ1) is 4.79. The number of nitrogens with zero attached hydrogens (tertiary/aromatic N) is 3. The van der Waals surface area contributed by atoms with E-state index in [1.165, 1.54) is 12.8 Å². The van der Waals surface area contributed by atoms with Crippen LogP contribution in [0, 0.1) is 6.92 Å². The number of rotatable bonds is 1. The molecule has 0 aliphatic heterocycles. The van der Waals surface area contributed by atoms with E-state index in [0.29, 0.717) is 11.3 Å².